The van der Waals surface area contributed by atoms with Crippen molar-refractivity contribution in [1.82, 2.24) is 0 Å². The summed E-state index contributed by atoms with van der Waals surface area (Å²) in [6, 6.07) is 10.5. The summed E-state index contributed by atoms with van der Waals surface area (Å²) in [5.41, 5.74) is 7.63. The first-order valence-electron chi connectivity index (χ1n) is 6.19. The zero-order chi connectivity index (χ0) is 15.4. The van der Waals surface area contributed by atoms with E-state index in [-0.39, 0.29) is 12.5 Å². The van der Waals surface area contributed by atoms with Gasteiger partial charge in [0.15, 0.2) is 6.61 Å². The zero-order valence-corrected chi connectivity index (χ0v) is 13.7. The number of amides is 1. The topological polar surface area (TPSA) is 64.3 Å². The van der Waals surface area contributed by atoms with Gasteiger partial charge in [-0.15, -0.1) is 0 Å². The Balaban J connectivity index is 1.94. The van der Waals surface area contributed by atoms with E-state index in [4.69, 9.17) is 22.1 Å². The molecule has 0 spiro atoms. The second kappa shape index (κ2) is 6.83. The van der Waals surface area contributed by atoms with Gasteiger partial charge in [0.2, 0.25) is 0 Å². The minimum Gasteiger partial charge on any atom is -0.483 e. The first-order valence-corrected chi connectivity index (χ1v) is 7.36. The molecule has 0 fully saturated rings. The Morgan fingerprint density at radius 3 is 2.76 bits per heavy atom. The average Bonchev–Trinajstić information content (AvgIpc) is 2.42. The summed E-state index contributed by atoms with van der Waals surface area (Å²) in [5, 5.41) is 3.15. The Morgan fingerprint density at radius 2 is 2.10 bits per heavy atom. The van der Waals surface area contributed by atoms with Crippen LogP contribution < -0.4 is 15.8 Å². The Bertz CT molecular complexity index is 677. The number of nitrogens with one attached hydrogen (secondary N) is 1. The molecule has 0 radical (unpaired) electrons. The number of benzene rings is 2. The van der Waals surface area contributed by atoms with Crippen LogP contribution in [0.25, 0.3) is 0 Å². The summed E-state index contributed by atoms with van der Waals surface area (Å²) in [6.45, 7) is 1.84. The molecule has 0 heterocycles. The van der Waals surface area contributed by atoms with Gasteiger partial charge in [-0.3, -0.25) is 4.79 Å². The molecule has 0 aliphatic carbocycles. The van der Waals surface area contributed by atoms with Crippen LogP contribution in [-0.4, -0.2) is 12.5 Å². The van der Waals surface area contributed by atoms with Crippen LogP contribution in [-0.2, 0) is 4.79 Å². The maximum Gasteiger partial charge on any atom is 0.262 e. The monoisotopic (exact) mass is 368 g/mol. The van der Waals surface area contributed by atoms with Crippen molar-refractivity contribution in [2.75, 3.05) is 17.7 Å². The maximum absolute atomic E-state index is 11.8. The molecule has 0 saturated heterocycles. The highest BCUT2D eigenvalue weighted by molar-refractivity contribution is 9.10. The van der Waals surface area contributed by atoms with Crippen LogP contribution in [0.4, 0.5) is 11.4 Å². The van der Waals surface area contributed by atoms with Crippen molar-refractivity contribution < 1.29 is 9.53 Å². The van der Waals surface area contributed by atoms with Crippen LogP contribution in [0.15, 0.2) is 40.9 Å². The van der Waals surface area contributed by atoms with Crippen LogP contribution in [0, 0.1) is 6.92 Å². The molecule has 0 aromatic heterocycles. The van der Waals surface area contributed by atoms with Gasteiger partial charge in [0.1, 0.15) is 5.75 Å². The van der Waals surface area contributed by atoms with E-state index in [0.717, 1.165) is 10.0 Å². The number of hydrogen-bond donors (Lipinski definition) is 2. The lowest BCUT2D eigenvalue weighted by Gasteiger charge is -2.10. The predicted octanol–water partition coefficient (Wildman–Crippen LogP) is 4.01. The van der Waals surface area contributed by atoms with Crippen LogP contribution >= 0.6 is 27.5 Å². The first kappa shape index (κ1) is 15.7. The number of aryl methyl sites for hydroxylation is 1. The fraction of sp³-hybridized carbons (Fsp3) is 0.133. The fourth-order valence-corrected chi connectivity index (χ4v) is 2.33. The van der Waals surface area contributed by atoms with E-state index in [2.05, 4.69) is 21.2 Å². The van der Waals surface area contributed by atoms with E-state index in [0.29, 0.717) is 22.1 Å². The number of anilines is 2. The number of carbonyl (C=O) groups is 1. The molecule has 2 rings (SSSR count). The third-order valence-electron chi connectivity index (χ3n) is 2.78. The SMILES string of the molecule is Cc1cc(Br)ccc1OCC(=O)Nc1ccc(Cl)c(N)c1. The van der Waals surface area contributed by atoms with Crippen LogP contribution in [0.3, 0.4) is 0 Å². The van der Waals surface area contributed by atoms with E-state index >= 15 is 0 Å². The number of carbonyl (C=O) groups excluding carboxylic acids is 1. The smallest absolute Gasteiger partial charge is 0.262 e. The van der Waals surface area contributed by atoms with Crippen molar-refractivity contribution in [3.05, 3.63) is 51.5 Å². The third kappa shape index (κ3) is 4.37. The number of nitrogen functional groups attached to an aromatic ring is 1. The van der Waals surface area contributed by atoms with E-state index in [1.54, 1.807) is 18.2 Å². The lowest BCUT2D eigenvalue weighted by Crippen LogP contribution is -2.20. The Hall–Kier alpha value is -1.72. The number of hydrogen-bond acceptors (Lipinski definition) is 3. The molecule has 4 nitrogen and oxygen atoms in total. The van der Waals surface area contributed by atoms with Crippen molar-refractivity contribution in [1.29, 1.82) is 0 Å². The molecule has 0 bridgehead atoms. The van der Waals surface area contributed by atoms with E-state index in [1.807, 2.05) is 25.1 Å². The van der Waals surface area contributed by atoms with E-state index in [9.17, 15) is 4.79 Å². The highest BCUT2D eigenvalue weighted by atomic mass is 79.9. The van der Waals surface area contributed by atoms with Gasteiger partial charge in [-0.2, -0.15) is 0 Å². The third-order valence-corrected chi connectivity index (χ3v) is 3.61. The van der Waals surface area contributed by atoms with Gasteiger partial charge in [0.05, 0.1) is 10.7 Å². The largest absolute Gasteiger partial charge is 0.483 e. The van der Waals surface area contributed by atoms with Gasteiger partial charge in [-0.1, -0.05) is 27.5 Å². The second-order valence-electron chi connectivity index (χ2n) is 4.48. The van der Waals surface area contributed by atoms with Crippen molar-refractivity contribution >= 4 is 44.8 Å². The second-order valence-corrected chi connectivity index (χ2v) is 5.81. The molecule has 0 aliphatic heterocycles. The van der Waals surface area contributed by atoms with Crippen LogP contribution in [0.2, 0.25) is 5.02 Å². The Morgan fingerprint density at radius 1 is 1.33 bits per heavy atom. The summed E-state index contributed by atoms with van der Waals surface area (Å²) >= 11 is 9.20. The van der Waals surface area contributed by atoms with Gasteiger partial charge in [0.25, 0.3) is 5.91 Å². The molecule has 110 valence electrons. The molecular weight excluding hydrogens is 356 g/mol. The summed E-state index contributed by atoms with van der Waals surface area (Å²) in [5.74, 6) is 0.406. The summed E-state index contributed by atoms with van der Waals surface area (Å²) in [4.78, 5) is 11.8. The zero-order valence-electron chi connectivity index (χ0n) is 11.3. The van der Waals surface area contributed by atoms with Gasteiger partial charge in [-0.05, 0) is 48.9 Å². The maximum atomic E-state index is 11.8. The summed E-state index contributed by atoms with van der Waals surface area (Å²) < 4.78 is 6.46. The minimum atomic E-state index is -0.265. The van der Waals surface area contributed by atoms with Gasteiger partial charge >= 0.3 is 0 Å². The first-order chi connectivity index (χ1) is 9.95. The number of rotatable bonds is 4. The van der Waals surface area contributed by atoms with Gasteiger partial charge in [-0.25, -0.2) is 0 Å². The van der Waals surface area contributed by atoms with Crippen molar-refractivity contribution in [3.63, 3.8) is 0 Å². The molecule has 2 aromatic rings. The van der Waals surface area contributed by atoms with Crippen molar-refractivity contribution in [2.45, 2.75) is 6.92 Å². The fourth-order valence-electron chi connectivity index (χ4n) is 1.74. The Kier molecular flexibility index (Phi) is 5.09. The van der Waals surface area contributed by atoms with Gasteiger partial charge < -0.3 is 15.8 Å². The lowest BCUT2D eigenvalue weighted by atomic mass is 10.2. The van der Waals surface area contributed by atoms with Crippen LogP contribution in [0.5, 0.6) is 5.75 Å². The molecule has 21 heavy (non-hydrogen) atoms. The van der Waals surface area contributed by atoms with Crippen molar-refractivity contribution in [3.8, 4) is 5.75 Å². The molecule has 0 saturated carbocycles. The number of halogens is 2. The number of nitrogens with two attached hydrogens (primary N) is 1. The average molecular weight is 370 g/mol. The van der Waals surface area contributed by atoms with E-state index < -0.39 is 0 Å². The molecular formula is C15H14BrClN2O2. The van der Waals surface area contributed by atoms with E-state index in [1.165, 1.54) is 0 Å². The standard InChI is InChI=1S/C15H14BrClN2O2/c1-9-6-10(16)2-5-14(9)21-8-15(20)19-11-3-4-12(17)13(18)7-11/h2-7H,8,18H2,1H3,(H,19,20). The highest BCUT2D eigenvalue weighted by Crippen LogP contribution is 2.23. The quantitative estimate of drug-likeness (QED) is 0.800. The van der Waals surface area contributed by atoms with Gasteiger partial charge in [0, 0.05) is 10.2 Å². The molecule has 2 aromatic carbocycles. The van der Waals surface area contributed by atoms with Crippen molar-refractivity contribution in [2.24, 2.45) is 0 Å². The minimum absolute atomic E-state index is 0.0784. The molecule has 6 heteroatoms. The molecule has 3 N–H and O–H groups in total. The molecule has 1 amide bonds. The predicted molar refractivity (Wildman–Crippen MR) is 88.9 cm³/mol. The molecule has 0 unspecified atom stereocenters. The normalized spacial score (nSPS) is 10.2. The van der Waals surface area contributed by atoms with Crippen LogP contribution in [0.1, 0.15) is 5.56 Å². The highest BCUT2D eigenvalue weighted by Gasteiger charge is 2.07. The number of ether oxygens (including phenoxy) is 1. The molecule has 0 aliphatic rings. The summed E-state index contributed by atoms with van der Waals surface area (Å²) in [7, 11) is 0. The summed E-state index contributed by atoms with van der Waals surface area (Å²) in [6.07, 6.45) is 0. The Labute approximate surface area is 136 Å². The molecule has 0 atom stereocenters. The lowest BCUT2D eigenvalue weighted by molar-refractivity contribution is -0.118.